The van der Waals surface area contributed by atoms with E-state index in [0.29, 0.717) is 38.5 Å². The third-order valence-corrected chi connectivity index (χ3v) is 6.39. The van der Waals surface area contributed by atoms with Crippen molar-refractivity contribution in [3.63, 3.8) is 0 Å². The number of aliphatic carboxylic acids is 1. The highest BCUT2D eigenvalue weighted by Gasteiger charge is 2.43. The van der Waals surface area contributed by atoms with Crippen LogP contribution < -0.4 is 0 Å². The maximum atomic E-state index is 14.3. The number of carbonyl (C=O) groups excluding carboxylic acids is 1. The van der Waals surface area contributed by atoms with Gasteiger partial charge in [-0.2, -0.15) is 0 Å². The van der Waals surface area contributed by atoms with Gasteiger partial charge in [-0.3, -0.25) is 9.59 Å². The monoisotopic (exact) mass is 422 g/mol. The van der Waals surface area contributed by atoms with Gasteiger partial charge in [-0.05, 0) is 50.9 Å². The van der Waals surface area contributed by atoms with Crippen molar-refractivity contribution in [3.05, 3.63) is 0 Å². The van der Waals surface area contributed by atoms with Gasteiger partial charge in [-0.25, -0.2) is 8.78 Å². The molecule has 0 aromatic heterocycles. The molecule has 0 bridgehead atoms. The van der Waals surface area contributed by atoms with Crippen molar-refractivity contribution in [2.24, 2.45) is 17.8 Å². The lowest BCUT2D eigenvalue weighted by atomic mass is 9.82. The van der Waals surface area contributed by atoms with E-state index < -0.39 is 17.8 Å². The summed E-state index contributed by atoms with van der Waals surface area (Å²) in [6, 6.07) is 0. The molecule has 4 atom stereocenters. The highest BCUT2D eigenvalue weighted by atomic mass is 32.1. The van der Waals surface area contributed by atoms with E-state index in [1.165, 1.54) is 0 Å². The Labute approximate surface area is 173 Å². The van der Waals surface area contributed by atoms with Gasteiger partial charge in [0.2, 0.25) is 0 Å². The van der Waals surface area contributed by atoms with Crippen LogP contribution in [0.2, 0.25) is 0 Å². The van der Waals surface area contributed by atoms with Gasteiger partial charge >= 0.3 is 5.97 Å². The Morgan fingerprint density at radius 3 is 2.54 bits per heavy atom. The second kappa shape index (κ2) is 12.8. The molecule has 0 saturated heterocycles. The van der Waals surface area contributed by atoms with Crippen molar-refractivity contribution in [2.45, 2.75) is 103 Å². The topological polar surface area (TPSA) is 63.6 Å². The number of rotatable bonds is 15. The second-order valence-corrected chi connectivity index (χ2v) is 8.49. The van der Waals surface area contributed by atoms with Crippen LogP contribution in [0.15, 0.2) is 0 Å². The molecule has 28 heavy (non-hydrogen) atoms. The minimum atomic E-state index is -2.67. The number of carboxylic acid groups (broad SMARTS) is 1. The van der Waals surface area contributed by atoms with Gasteiger partial charge in [0.25, 0.3) is 5.92 Å². The van der Waals surface area contributed by atoms with Crippen LogP contribution in [0.1, 0.15) is 90.9 Å². The van der Waals surface area contributed by atoms with E-state index in [0.717, 1.165) is 25.7 Å². The summed E-state index contributed by atoms with van der Waals surface area (Å²) in [5, 5.41) is 8.66. The molecule has 0 spiro atoms. The molecule has 1 rings (SSSR count). The van der Waals surface area contributed by atoms with Gasteiger partial charge in [0, 0.05) is 31.1 Å². The Morgan fingerprint density at radius 2 is 1.93 bits per heavy atom. The predicted molar refractivity (Wildman–Crippen MR) is 109 cm³/mol. The molecule has 4 nitrogen and oxygen atoms in total. The number of carboxylic acids is 1. The summed E-state index contributed by atoms with van der Waals surface area (Å²) in [6.45, 7) is 3.51. The summed E-state index contributed by atoms with van der Waals surface area (Å²) < 4.78 is 33.7. The number of thiol groups is 1. The first-order valence-corrected chi connectivity index (χ1v) is 11.0. The number of alkyl halides is 2. The summed E-state index contributed by atoms with van der Waals surface area (Å²) in [6.07, 6.45) is 6.18. The van der Waals surface area contributed by atoms with Crippen LogP contribution in [0.25, 0.3) is 0 Å². The summed E-state index contributed by atoms with van der Waals surface area (Å²) >= 11 is 3.90. The standard InChI is InChI=1S/C21H36F2O4S/c1-3-4-13-21(22,23)15(2)11-12-17-16(18(24)14-19(17)27-28)9-7-5-6-8-10-20(25)26/h15-17,19,28H,3-14H2,1-2H3,(H,25,26)/t15?,16-,17-,19-/m1/s1. The normalized spacial score (nSPS) is 23.9. The number of unbranched alkanes of at least 4 members (excludes halogenated alkanes) is 4. The summed E-state index contributed by atoms with van der Waals surface area (Å²) in [5.74, 6) is -4.26. The molecule has 7 heteroatoms. The molecule has 0 aromatic carbocycles. The van der Waals surface area contributed by atoms with Crippen molar-refractivity contribution in [3.8, 4) is 0 Å². The quantitative estimate of drug-likeness (QED) is 0.190. The van der Waals surface area contributed by atoms with Gasteiger partial charge in [0.05, 0.1) is 6.10 Å². The summed E-state index contributed by atoms with van der Waals surface area (Å²) in [5.41, 5.74) is 0. The molecule has 0 heterocycles. The van der Waals surface area contributed by atoms with Crippen LogP contribution >= 0.6 is 12.9 Å². The zero-order valence-corrected chi connectivity index (χ0v) is 18.1. The van der Waals surface area contributed by atoms with Crippen LogP contribution in [0.5, 0.6) is 0 Å². The lowest BCUT2D eigenvalue weighted by molar-refractivity contribution is -0.137. The molecule has 1 saturated carbocycles. The third-order valence-electron chi connectivity index (χ3n) is 6.12. The van der Waals surface area contributed by atoms with Gasteiger partial charge in [-0.1, -0.05) is 39.5 Å². The van der Waals surface area contributed by atoms with E-state index >= 15 is 0 Å². The largest absolute Gasteiger partial charge is 0.481 e. The van der Waals surface area contributed by atoms with E-state index in [1.807, 2.05) is 6.92 Å². The third kappa shape index (κ3) is 8.36. The number of halogens is 2. The Hall–Kier alpha value is -0.690. The second-order valence-electron chi connectivity index (χ2n) is 8.27. The summed E-state index contributed by atoms with van der Waals surface area (Å²) in [4.78, 5) is 22.9. The predicted octanol–water partition coefficient (Wildman–Crippen LogP) is 6.09. The molecular weight excluding hydrogens is 386 g/mol. The lowest BCUT2D eigenvalue weighted by Gasteiger charge is -2.27. The van der Waals surface area contributed by atoms with Gasteiger partial charge in [-0.15, -0.1) is 0 Å². The Balaban J connectivity index is 2.52. The molecule has 0 aliphatic heterocycles. The van der Waals surface area contributed by atoms with Crippen LogP contribution in [0, 0.1) is 17.8 Å². The van der Waals surface area contributed by atoms with Crippen molar-refractivity contribution in [1.29, 1.82) is 0 Å². The van der Waals surface area contributed by atoms with E-state index in [2.05, 4.69) is 12.9 Å². The smallest absolute Gasteiger partial charge is 0.303 e. The summed E-state index contributed by atoms with van der Waals surface area (Å²) in [7, 11) is 0. The number of carbonyl (C=O) groups is 2. The molecule has 0 amide bonds. The highest BCUT2D eigenvalue weighted by molar-refractivity contribution is 7.75. The fraction of sp³-hybridized carbons (Fsp3) is 0.905. The van der Waals surface area contributed by atoms with E-state index in [9.17, 15) is 18.4 Å². The minimum absolute atomic E-state index is 0.0616. The Kier molecular flexibility index (Phi) is 11.6. The first kappa shape index (κ1) is 25.3. The maximum absolute atomic E-state index is 14.3. The Bertz CT molecular complexity index is 487. The molecule has 1 fully saturated rings. The molecule has 164 valence electrons. The molecule has 1 unspecified atom stereocenters. The van der Waals surface area contributed by atoms with Crippen molar-refractivity contribution in [1.82, 2.24) is 0 Å². The van der Waals surface area contributed by atoms with Crippen molar-refractivity contribution in [2.75, 3.05) is 0 Å². The van der Waals surface area contributed by atoms with E-state index in [1.54, 1.807) is 6.92 Å². The molecule has 1 aliphatic carbocycles. The number of hydrogen-bond acceptors (Lipinski definition) is 4. The van der Waals surface area contributed by atoms with Gasteiger partial charge in [0.15, 0.2) is 0 Å². The highest BCUT2D eigenvalue weighted by Crippen LogP contribution is 2.41. The molecule has 0 radical (unpaired) electrons. The lowest BCUT2D eigenvalue weighted by Crippen LogP contribution is -2.28. The van der Waals surface area contributed by atoms with Crippen LogP contribution in [-0.2, 0) is 13.8 Å². The van der Waals surface area contributed by atoms with Crippen molar-refractivity contribution < 1.29 is 27.7 Å². The maximum Gasteiger partial charge on any atom is 0.303 e. The van der Waals surface area contributed by atoms with E-state index in [-0.39, 0.29) is 36.6 Å². The molecular formula is C21H36F2O4S. The fourth-order valence-electron chi connectivity index (χ4n) is 4.18. The SMILES string of the molecule is CCCCC(F)(F)C(C)CC[C@H]1[C@H](OS)CC(=O)[C@@H]1CCCCCCC(=O)O. The average molecular weight is 423 g/mol. The van der Waals surface area contributed by atoms with Crippen LogP contribution in [0.3, 0.4) is 0 Å². The first-order chi connectivity index (χ1) is 13.2. The zero-order valence-electron chi connectivity index (χ0n) is 17.2. The zero-order chi connectivity index (χ0) is 21.2. The van der Waals surface area contributed by atoms with E-state index in [4.69, 9.17) is 9.29 Å². The van der Waals surface area contributed by atoms with Gasteiger partial charge in [0.1, 0.15) is 5.78 Å². The van der Waals surface area contributed by atoms with Crippen molar-refractivity contribution >= 4 is 24.7 Å². The number of hydrogen-bond donors (Lipinski definition) is 2. The number of ketones is 1. The molecule has 0 aromatic rings. The molecule has 1 aliphatic rings. The minimum Gasteiger partial charge on any atom is -0.481 e. The van der Waals surface area contributed by atoms with Crippen LogP contribution in [0.4, 0.5) is 8.78 Å². The average Bonchev–Trinajstić information content (AvgIpc) is 2.95. The van der Waals surface area contributed by atoms with Gasteiger partial charge < -0.3 is 9.29 Å². The first-order valence-electron chi connectivity index (χ1n) is 10.7. The Morgan fingerprint density at radius 1 is 1.25 bits per heavy atom. The fourth-order valence-corrected chi connectivity index (χ4v) is 4.41. The molecule has 1 N–H and O–H groups in total. The number of Topliss-reactive ketones (excluding diaryl/α,β-unsaturated/α-hetero) is 1. The van der Waals surface area contributed by atoms with Crippen LogP contribution in [-0.4, -0.2) is 28.9 Å².